The maximum absolute atomic E-state index is 5.77. The second kappa shape index (κ2) is 4.49. The van der Waals surface area contributed by atoms with Crippen molar-refractivity contribution in [3.63, 3.8) is 0 Å². The van der Waals surface area contributed by atoms with Crippen molar-refractivity contribution in [2.45, 2.75) is 38.8 Å². The highest BCUT2D eigenvalue weighted by molar-refractivity contribution is 5.95. The molecule has 0 bridgehead atoms. The minimum absolute atomic E-state index is 0.0974. The standard InChI is InChI=1S/C14H20N2O/c1-10(15)8-11-4-6-12(7-5-11)13-16-14(2,3)9-17-13/h4-7,10H,8-9,15H2,1-3H3. The SMILES string of the molecule is CC(N)Cc1ccc(C2=NC(C)(C)CO2)cc1. The predicted molar refractivity (Wildman–Crippen MR) is 70.4 cm³/mol. The summed E-state index contributed by atoms with van der Waals surface area (Å²) < 4.78 is 5.60. The summed E-state index contributed by atoms with van der Waals surface area (Å²) in [5.74, 6) is 0.752. The Morgan fingerprint density at radius 2 is 2.00 bits per heavy atom. The van der Waals surface area contributed by atoms with E-state index in [9.17, 15) is 0 Å². The average Bonchev–Trinajstić information content (AvgIpc) is 2.59. The quantitative estimate of drug-likeness (QED) is 0.868. The highest BCUT2D eigenvalue weighted by Crippen LogP contribution is 2.20. The summed E-state index contributed by atoms with van der Waals surface area (Å²) in [5, 5.41) is 0. The first-order valence-corrected chi connectivity index (χ1v) is 6.04. The van der Waals surface area contributed by atoms with Gasteiger partial charge in [-0.1, -0.05) is 12.1 Å². The lowest BCUT2D eigenvalue weighted by molar-refractivity contribution is 0.279. The van der Waals surface area contributed by atoms with Gasteiger partial charge in [-0.05, 0) is 44.9 Å². The summed E-state index contributed by atoms with van der Waals surface area (Å²) in [6.45, 7) is 6.82. The molecule has 1 aromatic rings. The molecule has 1 aromatic carbocycles. The zero-order valence-corrected chi connectivity index (χ0v) is 10.7. The third-order valence-corrected chi connectivity index (χ3v) is 2.72. The number of ether oxygens (including phenoxy) is 1. The smallest absolute Gasteiger partial charge is 0.216 e. The van der Waals surface area contributed by atoms with E-state index in [4.69, 9.17) is 10.5 Å². The second-order valence-corrected chi connectivity index (χ2v) is 5.40. The maximum Gasteiger partial charge on any atom is 0.216 e. The van der Waals surface area contributed by atoms with E-state index in [-0.39, 0.29) is 11.6 Å². The minimum atomic E-state index is -0.0974. The molecule has 2 N–H and O–H groups in total. The van der Waals surface area contributed by atoms with Gasteiger partial charge in [0.25, 0.3) is 0 Å². The van der Waals surface area contributed by atoms with Crippen molar-refractivity contribution in [3.8, 4) is 0 Å². The molecule has 0 amide bonds. The second-order valence-electron chi connectivity index (χ2n) is 5.40. The van der Waals surface area contributed by atoms with Crippen LogP contribution in [0.15, 0.2) is 29.3 Å². The molecule has 0 aliphatic carbocycles. The van der Waals surface area contributed by atoms with Gasteiger partial charge in [-0.25, -0.2) is 4.99 Å². The summed E-state index contributed by atoms with van der Waals surface area (Å²) in [5.41, 5.74) is 7.97. The molecule has 3 heteroatoms. The fraction of sp³-hybridized carbons (Fsp3) is 0.500. The van der Waals surface area contributed by atoms with Gasteiger partial charge in [0.05, 0.1) is 5.54 Å². The van der Waals surface area contributed by atoms with Crippen LogP contribution in [0.2, 0.25) is 0 Å². The van der Waals surface area contributed by atoms with E-state index in [1.54, 1.807) is 0 Å². The predicted octanol–water partition coefficient (Wildman–Crippen LogP) is 2.13. The van der Waals surface area contributed by atoms with Gasteiger partial charge in [0.2, 0.25) is 5.90 Å². The van der Waals surface area contributed by atoms with Gasteiger partial charge >= 0.3 is 0 Å². The number of hydrogen-bond donors (Lipinski definition) is 1. The molecule has 1 heterocycles. The molecular formula is C14H20N2O. The van der Waals surface area contributed by atoms with Gasteiger partial charge in [-0.3, -0.25) is 0 Å². The van der Waals surface area contributed by atoms with E-state index in [1.807, 2.05) is 6.92 Å². The molecule has 2 rings (SSSR count). The van der Waals surface area contributed by atoms with Crippen LogP contribution in [0, 0.1) is 0 Å². The number of hydrogen-bond acceptors (Lipinski definition) is 3. The normalized spacial score (nSPS) is 19.6. The van der Waals surface area contributed by atoms with Crippen LogP contribution in [0.5, 0.6) is 0 Å². The summed E-state index contributed by atoms with van der Waals surface area (Å²) in [4.78, 5) is 4.55. The largest absolute Gasteiger partial charge is 0.475 e. The Morgan fingerprint density at radius 1 is 1.35 bits per heavy atom. The first-order valence-electron chi connectivity index (χ1n) is 6.04. The van der Waals surface area contributed by atoms with Gasteiger partial charge in [-0.2, -0.15) is 0 Å². The summed E-state index contributed by atoms with van der Waals surface area (Å²) >= 11 is 0. The molecule has 92 valence electrons. The van der Waals surface area contributed by atoms with Crippen molar-refractivity contribution >= 4 is 5.90 Å². The molecule has 0 fully saturated rings. The van der Waals surface area contributed by atoms with Crippen LogP contribution in [0.3, 0.4) is 0 Å². The van der Waals surface area contributed by atoms with Crippen molar-refractivity contribution < 1.29 is 4.74 Å². The van der Waals surface area contributed by atoms with Crippen LogP contribution >= 0.6 is 0 Å². The van der Waals surface area contributed by atoms with E-state index in [0.717, 1.165) is 17.9 Å². The first-order chi connectivity index (χ1) is 7.96. The number of aliphatic imine (C=N–C) groups is 1. The van der Waals surface area contributed by atoms with E-state index in [2.05, 4.69) is 43.1 Å². The van der Waals surface area contributed by atoms with E-state index in [1.165, 1.54) is 5.56 Å². The summed E-state index contributed by atoms with van der Waals surface area (Å²) in [7, 11) is 0. The van der Waals surface area contributed by atoms with Gasteiger partial charge in [0, 0.05) is 11.6 Å². The number of benzene rings is 1. The van der Waals surface area contributed by atoms with Gasteiger partial charge < -0.3 is 10.5 Å². The monoisotopic (exact) mass is 232 g/mol. The van der Waals surface area contributed by atoms with Crippen molar-refractivity contribution in [1.82, 2.24) is 0 Å². The molecule has 0 saturated carbocycles. The molecule has 1 aliphatic rings. The molecule has 1 aliphatic heterocycles. The average molecular weight is 232 g/mol. The number of nitrogens with two attached hydrogens (primary N) is 1. The molecule has 3 nitrogen and oxygen atoms in total. The van der Waals surface area contributed by atoms with Crippen molar-refractivity contribution in [2.75, 3.05) is 6.61 Å². The first kappa shape index (κ1) is 12.1. The molecule has 0 spiro atoms. The molecule has 1 unspecified atom stereocenters. The van der Waals surface area contributed by atoms with Crippen LogP contribution < -0.4 is 5.73 Å². The zero-order valence-electron chi connectivity index (χ0n) is 10.7. The van der Waals surface area contributed by atoms with E-state index >= 15 is 0 Å². The zero-order chi connectivity index (χ0) is 12.5. The van der Waals surface area contributed by atoms with Gasteiger partial charge in [0.15, 0.2) is 0 Å². The van der Waals surface area contributed by atoms with E-state index in [0.29, 0.717) is 6.61 Å². The van der Waals surface area contributed by atoms with Crippen LogP contribution in [-0.2, 0) is 11.2 Å². The summed E-state index contributed by atoms with van der Waals surface area (Å²) in [6.07, 6.45) is 0.902. The Kier molecular flexibility index (Phi) is 3.20. The molecule has 0 aromatic heterocycles. The molecular weight excluding hydrogens is 212 g/mol. The third kappa shape index (κ3) is 3.07. The maximum atomic E-state index is 5.77. The van der Waals surface area contributed by atoms with Crippen molar-refractivity contribution in [3.05, 3.63) is 35.4 Å². The molecule has 17 heavy (non-hydrogen) atoms. The lowest BCUT2D eigenvalue weighted by atomic mass is 10.1. The van der Waals surface area contributed by atoms with Crippen LogP contribution in [-0.4, -0.2) is 24.1 Å². The lowest BCUT2D eigenvalue weighted by Gasteiger charge is -2.07. The highest BCUT2D eigenvalue weighted by atomic mass is 16.5. The summed E-state index contributed by atoms with van der Waals surface area (Å²) in [6, 6.07) is 8.49. The molecule has 0 radical (unpaired) electrons. The fourth-order valence-electron chi connectivity index (χ4n) is 1.89. The van der Waals surface area contributed by atoms with Crippen LogP contribution in [0.4, 0.5) is 0 Å². The minimum Gasteiger partial charge on any atom is -0.475 e. The topological polar surface area (TPSA) is 47.6 Å². The highest BCUT2D eigenvalue weighted by Gasteiger charge is 2.26. The Hall–Kier alpha value is -1.35. The Bertz CT molecular complexity index is 418. The van der Waals surface area contributed by atoms with Crippen molar-refractivity contribution in [2.24, 2.45) is 10.7 Å². The third-order valence-electron chi connectivity index (χ3n) is 2.72. The van der Waals surface area contributed by atoms with Crippen LogP contribution in [0.1, 0.15) is 31.9 Å². The number of nitrogens with zero attached hydrogens (tertiary/aromatic N) is 1. The fourth-order valence-corrected chi connectivity index (χ4v) is 1.89. The number of rotatable bonds is 3. The van der Waals surface area contributed by atoms with Gasteiger partial charge in [-0.15, -0.1) is 0 Å². The lowest BCUT2D eigenvalue weighted by Crippen LogP contribution is -2.17. The Balaban J connectivity index is 2.14. The van der Waals surface area contributed by atoms with Gasteiger partial charge in [0.1, 0.15) is 6.61 Å². The molecule has 1 atom stereocenters. The van der Waals surface area contributed by atoms with Crippen LogP contribution in [0.25, 0.3) is 0 Å². The Labute approximate surface area is 103 Å². The van der Waals surface area contributed by atoms with E-state index < -0.39 is 0 Å². The van der Waals surface area contributed by atoms with Crippen molar-refractivity contribution in [1.29, 1.82) is 0 Å². The Morgan fingerprint density at radius 3 is 2.47 bits per heavy atom. The molecule has 0 saturated heterocycles.